The summed E-state index contributed by atoms with van der Waals surface area (Å²) in [5.74, 6) is 5.47. The van der Waals surface area contributed by atoms with Gasteiger partial charge in [0.15, 0.2) is 0 Å². The fourth-order valence-corrected chi connectivity index (χ4v) is 2.32. The Morgan fingerprint density at radius 3 is 2.95 bits per heavy atom. The number of carbonyl (C=O) groups is 1. The Hall–Kier alpha value is -2.16. The zero-order chi connectivity index (χ0) is 16.0. The minimum Gasteiger partial charge on any atom is -0.378 e. The fraction of sp³-hybridized carbons (Fsp3) is 0.294. The summed E-state index contributed by atoms with van der Waals surface area (Å²) in [6.07, 6.45) is 0.716. The van der Waals surface area contributed by atoms with Crippen molar-refractivity contribution in [2.75, 3.05) is 6.54 Å². The number of aromatic nitrogens is 1. The molecule has 2 rings (SSSR count). The molecule has 0 aliphatic heterocycles. The summed E-state index contributed by atoms with van der Waals surface area (Å²) in [5.41, 5.74) is 2.97. The highest BCUT2D eigenvalue weighted by Gasteiger charge is 2.07. The van der Waals surface area contributed by atoms with Gasteiger partial charge in [0.25, 0.3) is 5.91 Å². The van der Waals surface area contributed by atoms with E-state index in [-0.39, 0.29) is 5.91 Å². The van der Waals surface area contributed by atoms with Crippen molar-refractivity contribution in [2.24, 2.45) is 0 Å². The lowest BCUT2D eigenvalue weighted by Gasteiger charge is -2.06. The molecule has 0 radical (unpaired) electrons. The van der Waals surface area contributed by atoms with Gasteiger partial charge >= 0.3 is 0 Å². The van der Waals surface area contributed by atoms with Crippen LogP contribution in [0, 0.1) is 11.8 Å². The van der Waals surface area contributed by atoms with Crippen LogP contribution in [0.25, 0.3) is 0 Å². The lowest BCUT2D eigenvalue weighted by Crippen LogP contribution is -2.25. The molecule has 2 aromatic rings. The zero-order valence-corrected chi connectivity index (χ0v) is 13.4. The third-order valence-corrected chi connectivity index (χ3v) is 3.42. The number of aliphatic hydroxyl groups is 1. The Morgan fingerprint density at radius 1 is 1.45 bits per heavy atom. The van der Waals surface area contributed by atoms with Gasteiger partial charge < -0.3 is 10.4 Å². The van der Waals surface area contributed by atoms with Gasteiger partial charge in [-0.25, -0.2) is 4.98 Å². The molecular formula is C17H18N2O2S. The Bertz CT molecular complexity index is 691. The highest BCUT2D eigenvalue weighted by atomic mass is 32.1. The first kappa shape index (κ1) is 16.2. The van der Waals surface area contributed by atoms with E-state index in [9.17, 15) is 9.90 Å². The number of benzene rings is 1. The molecule has 0 saturated heterocycles. The molecule has 22 heavy (non-hydrogen) atoms. The van der Waals surface area contributed by atoms with Crippen molar-refractivity contribution in [1.82, 2.24) is 10.3 Å². The number of hydrogen-bond acceptors (Lipinski definition) is 4. The number of thiazole rings is 1. The number of nitrogens with zero attached hydrogens (tertiary/aromatic N) is 1. The average Bonchev–Trinajstić information content (AvgIpc) is 2.98. The smallest absolute Gasteiger partial charge is 0.251 e. The van der Waals surface area contributed by atoms with Crippen LogP contribution in [0.15, 0.2) is 35.2 Å². The maximum Gasteiger partial charge on any atom is 0.251 e. The maximum atomic E-state index is 12.1. The van der Waals surface area contributed by atoms with Crippen LogP contribution in [-0.2, 0) is 6.42 Å². The van der Waals surface area contributed by atoms with E-state index in [4.69, 9.17) is 0 Å². The van der Waals surface area contributed by atoms with Gasteiger partial charge in [0.05, 0.1) is 11.2 Å². The molecule has 2 N–H and O–H groups in total. The van der Waals surface area contributed by atoms with Gasteiger partial charge in [-0.2, -0.15) is 0 Å². The van der Waals surface area contributed by atoms with Crippen molar-refractivity contribution in [3.8, 4) is 11.8 Å². The molecule has 0 aliphatic rings. The number of rotatable bonds is 4. The quantitative estimate of drug-likeness (QED) is 0.851. The van der Waals surface area contributed by atoms with Gasteiger partial charge in [0.1, 0.15) is 5.60 Å². The lowest BCUT2D eigenvalue weighted by atomic mass is 10.1. The molecule has 114 valence electrons. The van der Waals surface area contributed by atoms with Gasteiger partial charge in [0, 0.05) is 29.5 Å². The number of carbonyl (C=O) groups excluding carboxylic acids is 1. The van der Waals surface area contributed by atoms with E-state index in [0.29, 0.717) is 24.1 Å². The summed E-state index contributed by atoms with van der Waals surface area (Å²) < 4.78 is 0. The largest absolute Gasteiger partial charge is 0.378 e. The molecule has 0 saturated carbocycles. The molecular weight excluding hydrogens is 296 g/mol. The molecule has 1 aromatic carbocycles. The van der Waals surface area contributed by atoms with Crippen LogP contribution >= 0.6 is 11.3 Å². The summed E-state index contributed by atoms with van der Waals surface area (Å²) in [6, 6.07) is 7.05. The van der Waals surface area contributed by atoms with Crippen LogP contribution in [0.1, 0.15) is 35.5 Å². The van der Waals surface area contributed by atoms with E-state index in [1.807, 2.05) is 11.4 Å². The number of nitrogens with one attached hydrogen (secondary N) is 1. The second-order valence-electron chi connectivity index (χ2n) is 5.38. The molecule has 0 aliphatic carbocycles. The van der Waals surface area contributed by atoms with Crippen molar-refractivity contribution >= 4 is 17.2 Å². The van der Waals surface area contributed by atoms with Crippen molar-refractivity contribution < 1.29 is 9.90 Å². The average molecular weight is 314 g/mol. The summed E-state index contributed by atoms with van der Waals surface area (Å²) in [5, 5.41) is 14.4. The Morgan fingerprint density at radius 2 is 2.27 bits per heavy atom. The third-order valence-electron chi connectivity index (χ3n) is 2.79. The first-order valence-electron chi connectivity index (χ1n) is 6.95. The van der Waals surface area contributed by atoms with Crippen LogP contribution in [0.3, 0.4) is 0 Å². The topological polar surface area (TPSA) is 62.2 Å². The predicted octanol–water partition coefficient (Wildman–Crippen LogP) is 2.24. The van der Waals surface area contributed by atoms with Crippen molar-refractivity contribution in [3.05, 3.63) is 52.0 Å². The molecule has 4 nitrogen and oxygen atoms in total. The standard InChI is InChI=1S/C17H18N2O2S/c1-17(2,21)8-6-13-4-3-5-14(10-13)16(20)18-9-7-15-11-22-12-19-15/h3-5,10-12,21H,7,9H2,1-2H3,(H,18,20). The van der Waals surface area contributed by atoms with Crippen LogP contribution in [0.5, 0.6) is 0 Å². The summed E-state index contributed by atoms with van der Waals surface area (Å²) in [6.45, 7) is 3.78. The summed E-state index contributed by atoms with van der Waals surface area (Å²) in [7, 11) is 0. The summed E-state index contributed by atoms with van der Waals surface area (Å²) >= 11 is 1.54. The first-order valence-corrected chi connectivity index (χ1v) is 7.89. The first-order chi connectivity index (χ1) is 10.4. The van der Waals surface area contributed by atoms with Crippen LogP contribution in [-0.4, -0.2) is 28.1 Å². The van der Waals surface area contributed by atoms with Gasteiger partial charge in [-0.3, -0.25) is 4.79 Å². The van der Waals surface area contributed by atoms with Gasteiger partial charge in [-0.1, -0.05) is 17.9 Å². The predicted molar refractivity (Wildman–Crippen MR) is 87.8 cm³/mol. The van der Waals surface area contributed by atoms with Crippen molar-refractivity contribution in [2.45, 2.75) is 25.9 Å². The minimum atomic E-state index is -1.05. The fourth-order valence-electron chi connectivity index (χ4n) is 1.73. The van der Waals surface area contributed by atoms with Gasteiger partial charge in [-0.05, 0) is 32.0 Å². The van der Waals surface area contributed by atoms with E-state index in [1.165, 1.54) is 0 Å². The van der Waals surface area contributed by atoms with E-state index in [2.05, 4.69) is 22.1 Å². The lowest BCUT2D eigenvalue weighted by molar-refractivity contribution is 0.0954. The summed E-state index contributed by atoms with van der Waals surface area (Å²) in [4.78, 5) is 16.3. The van der Waals surface area contributed by atoms with Crippen LogP contribution < -0.4 is 5.32 Å². The molecule has 1 amide bonds. The molecule has 1 heterocycles. The van der Waals surface area contributed by atoms with E-state index < -0.39 is 5.60 Å². The molecule has 0 spiro atoms. The molecule has 0 unspecified atom stereocenters. The van der Waals surface area contributed by atoms with E-state index >= 15 is 0 Å². The number of hydrogen-bond donors (Lipinski definition) is 2. The van der Waals surface area contributed by atoms with E-state index in [1.54, 1.807) is 48.9 Å². The van der Waals surface area contributed by atoms with Gasteiger partial charge in [0.2, 0.25) is 0 Å². The molecule has 1 aromatic heterocycles. The molecule has 5 heteroatoms. The highest BCUT2D eigenvalue weighted by Crippen LogP contribution is 2.06. The van der Waals surface area contributed by atoms with Crippen molar-refractivity contribution in [1.29, 1.82) is 0 Å². The van der Waals surface area contributed by atoms with Crippen LogP contribution in [0.2, 0.25) is 0 Å². The normalized spacial score (nSPS) is 10.7. The monoisotopic (exact) mass is 314 g/mol. The van der Waals surface area contributed by atoms with E-state index in [0.717, 1.165) is 5.69 Å². The molecule has 0 bridgehead atoms. The number of amides is 1. The van der Waals surface area contributed by atoms with Crippen molar-refractivity contribution in [3.63, 3.8) is 0 Å². The molecule has 0 atom stereocenters. The molecule has 0 fully saturated rings. The zero-order valence-electron chi connectivity index (χ0n) is 12.6. The Balaban J connectivity index is 1.96. The Labute approximate surface area is 134 Å². The minimum absolute atomic E-state index is 0.137. The SMILES string of the molecule is CC(C)(O)C#Cc1cccc(C(=O)NCCc2cscn2)c1. The van der Waals surface area contributed by atoms with Gasteiger partial charge in [-0.15, -0.1) is 11.3 Å². The Kier molecular flexibility index (Phi) is 5.31. The maximum absolute atomic E-state index is 12.1. The highest BCUT2D eigenvalue weighted by molar-refractivity contribution is 7.07. The van der Waals surface area contributed by atoms with Crippen LogP contribution in [0.4, 0.5) is 0 Å². The third kappa shape index (κ3) is 5.32. The second kappa shape index (κ2) is 7.21. The second-order valence-corrected chi connectivity index (χ2v) is 6.09.